The lowest BCUT2D eigenvalue weighted by Crippen LogP contribution is -2.30. The first kappa shape index (κ1) is 19.6. The Morgan fingerprint density at radius 2 is 1.93 bits per heavy atom. The van der Waals surface area contributed by atoms with Crippen molar-refractivity contribution in [2.75, 3.05) is 13.7 Å². The van der Waals surface area contributed by atoms with Crippen LogP contribution >= 0.6 is 0 Å². The van der Waals surface area contributed by atoms with E-state index in [1.807, 2.05) is 59.2 Å². The minimum atomic E-state index is 0.00744. The number of rotatable bonds is 7. The maximum absolute atomic E-state index is 13.0. The Balaban J connectivity index is 1.76. The first-order chi connectivity index (χ1) is 13.5. The number of carbonyl (C=O) groups is 1. The molecule has 0 bridgehead atoms. The van der Waals surface area contributed by atoms with E-state index in [1.54, 1.807) is 19.5 Å². The van der Waals surface area contributed by atoms with Gasteiger partial charge in [0.15, 0.2) is 0 Å². The third-order valence-electron chi connectivity index (χ3n) is 4.67. The van der Waals surface area contributed by atoms with Crippen LogP contribution in [0.1, 0.15) is 42.7 Å². The number of hydrogen-bond acceptors (Lipinski definition) is 4. The largest absolute Gasteiger partial charge is 0.494 e. The van der Waals surface area contributed by atoms with Crippen molar-refractivity contribution in [1.82, 2.24) is 19.7 Å². The summed E-state index contributed by atoms with van der Waals surface area (Å²) in [5, 5.41) is 4.36. The molecule has 6 nitrogen and oxygen atoms in total. The van der Waals surface area contributed by atoms with Gasteiger partial charge in [0.2, 0.25) is 0 Å². The van der Waals surface area contributed by atoms with Crippen molar-refractivity contribution in [1.29, 1.82) is 0 Å². The van der Waals surface area contributed by atoms with Gasteiger partial charge in [0, 0.05) is 48.2 Å². The molecule has 3 rings (SSSR count). The fourth-order valence-electron chi connectivity index (χ4n) is 3.05. The molecule has 3 aromatic rings. The molecular formula is C22H26N4O2. The number of benzene rings is 1. The van der Waals surface area contributed by atoms with E-state index < -0.39 is 0 Å². The normalized spacial score (nSPS) is 10.9. The lowest BCUT2D eigenvalue weighted by atomic mass is 10.0. The Hall–Kier alpha value is -3.15. The maximum atomic E-state index is 13.0. The smallest absolute Gasteiger partial charge is 0.254 e. The molecule has 2 aromatic heterocycles. The minimum absolute atomic E-state index is 0.00744. The molecule has 1 aromatic carbocycles. The van der Waals surface area contributed by atoms with Gasteiger partial charge in [0.25, 0.3) is 5.91 Å². The van der Waals surface area contributed by atoms with Gasteiger partial charge in [-0.2, -0.15) is 5.10 Å². The van der Waals surface area contributed by atoms with E-state index in [1.165, 1.54) is 0 Å². The van der Waals surface area contributed by atoms with Crippen molar-refractivity contribution in [3.8, 4) is 16.9 Å². The predicted octanol–water partition coefficient (Wildman–Crippen LogP) is 4.20. The minimum Gasteiger partial charge on any atom is -0.494 e. The Labute approximate surface area is 165 Å². The van der Waals surface area contributed by atoms with E-state index in [2.05, 4.69) is 23.9 Å². The maximum Gasteiger partial charge on any atom is 0.254 e. The molecule has 0 N–H and O–H groups in total. The molecule has 0 saturated heterocycles. The molecule has 0 aliphatic heterocycles. The van der Waals surface area contributed by atoms with E-state index in [0.717, 1.165) is 16.7 Å². The van der Waals surface area contributed by atoms with E-state index in [9.17, 15) is 4.79 Å². The Morgan fingerprint density at radius 3 is 2.54 bits per heavy atom. The van der Waals surface area contributed by atoms with Crippen LogP contribution in [0.25, 0.3) is 11.1 Å². The molecular weight excluding hydrogens is 352 g/mol. The Morgan fingerprint density at radius 1 is 1.18 bits per heavy atom. The molecule has 0 aliphatic rings. The van der Waals surface area contributed by atoms with Crippen LogP contribution in [0.4, 0.5) is 0 Å². The van der Waals surface area contributed by atoms with E-state index in [4.69, 9.17) is 4.74 Å². The highest BCUT2D eigenvalue weighted by Gasteiger charge is 2.16. The topological polar surface area (TPSA) is 60.2 Å². The van der Waals surface area contributed by atoms with Gasteiger partial charge in [-0.3, -0.25) is 14.5 Å². The SMILES string of the molecule is CCN(Cc1cnn(C(C)C)c1)C(=O)c1ccc(-c2ccncc2OC)cc1. The average Bonchev–Trinajstić information content (AvgIpc) is 3.20. The van der Waals surface area contributed by atoms with Crippen LogP contribution in [-0.4, -0.2) is 39.2 Å². The quantitative estimate of drug-likeness (QED) is 0.618. The van der Waals surface area contributed by atoms with Gasteiger partial charge in [-0.1, -0.05) is 12.1 Å². The molecule has 1 amide bonds. The molecule has 0 fully saturated rings. The van der Waals surface area contributed by atoms with Crippen molar-refractivity contribution < 1.29 is 9.53 Å². The fraction of sp³-hybridized carbons (Fsp3) is 0.318. The molecule has 0 aliphatic carbocycles. The first-order valence-corrected chi connectivity index (χ1v) is 9.44. The van der Waals surface area contributed by atoms with Crippen LogP contribution in [0.2, 0.25) is 0 Å². The standard InChI is InChI=1S/C22H26N4O2/c1-5-25(14-17-12-24-26(15-17)16(2)3)22(27)19-8-6-18(7-9-19)20-10-11-23-13-21(20)28-4/h6-13,15-16H,5,14H2,1-4H3. The zero-order valence-electron chi connectivity index (χ0n) is 16.8. The number of methoxy groups -OCH3 is 1. The van der Waals surface area contributed by atoms with E-state index >= 15 is 0 Å². The monoisotopic (exact) mass is 378 g/mol. The number of carbonyl (C=O) groups excluding carboxylic acids is 1. The summed E-state index contributed by atoms with van der Waals surface area (Å²) in [5.74, 6) is 0.715. The fourth-order valence-corrected chi connectivity index (χ4v) is 3.05. The second kappa shape index (κ2) is 8.69. The van der Waals surface area contributed by atoms with Crippen LogP contribution in [0, 0.1) is 0 Å². The van der Waals surface area contributed by atoms with Crippen LogP contribution in [0.15, 0.2) is 55.1 Å². The molecule has 6 heteroatoms. The van der Waals surface area contributed by atoms with Crippen molar-refractivity contribution >= 4 is 5.91 Å². The second-order valence-electron chi connectivity index (χ2n) is 6.89. The van der Waals surface area contributed by atoms with Crippen LogP contribution in [0.3, 0.4) is 0 Å². The highest BCUT2D eigenvalue weighted by atomic mass is 16.5. The number of nitrogens with zero attached hydrogens (tertiary/aromatic N) is 4. The molecule has 0 spiro atoms. The molecule has 28 heavy (non-hydrogen) atoms. The molecule has 146 valence electrons. The summed E-state index contributed by atoms with van der Waals surface area (Å²) in [4.78, 5) is 18.9. The van der Waals surface area contributed by atoms with Crippen molar-refractivity contribution in [3.05, 3.63) is 66.2 Å². The average molecular weight is 378 g/mol. The summed E-state index contributed by atoms with van der Waals surface area (Å²) in [6.45, 7) is 7.33. The third kappa shape index (κ3) is 4.22. The van der Waals surface area contributed by atoms with Crippen molar-refractivity contribution in [2.45, 2.75) is 33.4 Å². The molecule has 0 saturated carbocycles. The van der Waals surface area contributed by atoms with Gasteiger partial charge in [0.05, 0.1) is 19.5 Å². The number of ether oxygens (including phenoxy) is 1. The number of aromatic nitrogens is 3. The van der Waals surface area contributed by atoms with Crippen molar-refractivity contribution in [2.24, 2.45) is 0 Å². The summed E-state index contributed by atoms with van der Waals surface area (Å²) in [5.41, 5.74) is 3.62. The molecule has 0 radical (unpaired) electrons. The zero-order chi connectivity index (χ0) is 20.1. The van der Waals surface area contributed by atoms with Crippen LogP contribution < -0.4 is 4.74 Å². The molecule has 0 unspecified atom stereocenters. The van der Waals surface area contributed by atoms with E-state index in [-0.39, 0.29) is 5.91 Å². The lowest BCUT2D eigenvalue weighted by Gasteiger charge is -2.20. The Bertz CT molecular complexity index is 932. The van der Waals surface area contributed by atoms with Gasteiger partial charge >= 0.3 is 0 Å². The summed E-state index contributed by atoms with van der Waals surface area (Å²) in [6, 6.07) is 9.80. The summed E-state index contributed by atoms with van der Waals surface area (Å²) >= 11 is 0. The summed E-state index contributed by atoms with van der Waals surface area (Å²) in [7, 11) is 1.62. The predicted molar refractivity (Wildman–Crippen MR) is 109 cm³/mol. The third-order valence-corrected chi connectivity index (χ3v) is 4.67. The van der Waals surface area contributed by atoms with Gasteiger partial charge in [-0.05, 0) is 44.5 Å². The van der Waals surface area contributed by atoms with Gasteiger partial charge < -0.3 is 9.64 Å². The van der Waals surface area contributed by atoms with E-state index in [0.29, 0.717) is 30.4 Å². The lowest BCUT2D eigenvalue weighted by molar-refractivity contribution is 0.0752. The number of hydrogen-bond donors (Lipinski definition) is 0. The molecule has 0 atom stereocenters. The summed E-state index contributed by atoms with van der Waals surface area (Å²) in [6.07, 6.45) is 7.24. The van der Waals surface area contributed by atoms with Crippen LogP contribution in [-0.2, 0) is 6.54 Å². The van der Waals surface area contributed by atoms with Gasteiger partial charge in [-0.25, -0.2) is 0 Å². The second-order valence-corrected chi connectivity index (χ2v) is 6.89. The molecule has 2 heterocycles. The Kier molecular flexibility index (Phi) is 6.09. The highest BCUT2D eigenvalue weighted by molar-refractivity contribution is 5.94. The van der Waals surface area contributed by atoms with Crippen LogP contribution in [0.5, 0.6) is 5.75 Å². The number of pyridine rings is 1. The van der Waals surface area contributed by atoms with Gasteiger partial charge in [-0.15, -0.1) is 0 Å². The summed E-state index contributed by atoms with van der Waals surface area (Å²) < 4.78 is 7.28. The highest BCUT2D eigenvalue weighted by Crippen LogP contribution is 2.29. The van der Waals surface area contributed by atoms with Crippen molar-refractivity contribution in [3.63, 3.8) is 0 Å². The zero-order valence-corrected chi connectivity index (χ0v) is 16.8. The first-order valence-electron chi connectivity index (χ1n) is 9.44. The van der Waals surface area contributed by atoms with Gasteiger partial charge in [0.1, 0.15) is 5.75 Å². The number of amides is 1.